The van der Waals surface area contributed by atoms with Crippen LogP contribution in [0.3, 0.4) is 0 Å². The predicted molar refractivity (Wildman–Crippen MR) is 123 cm³/mol. The van der Waals surface area contributed by atoms with Crippen molar-refractivity contribution >= 4 is 28.4 Å². The van der Waals surface area contributed by atoms with Crippen molar-refractivity contribution in [2.24, 2.45) is 0 Å². The Hall–Kier alpha value is -4.38. The van der Waals surface area contributed by atoms with Gasteiger partial charge in [0.2, 0.25) is 0 Å². The summed E-state index contributed by atoms with van der Waals surface area (Å²) < 4.78 is 7.33. The maximum absolute atomic E-state index is 11.3. The van der Waals surface area contributed by atoms with Crippen molar-refractivity contribution in [2.75, 3.05) is 7.11 Å². The molecular formula is C24H21N5O3. The number of fused-ring (bicyclic) bond motifs is 1. The average molecular weight is 427 g/mol. The van der Waals surface area contributed by atoms with Gasteiger partial charge < -0.3 is 14.3 Å². The van der Waals surface area contributed by atoms with Gasteiger partial charge in [0.15, 0.2) is 0 Å². The molecule has 0 saturated carbocycles. The molecule has 0 aliphatic carbocycles. The molecule has 0 amide bonds. The summed E-state index contributed by atoms with van der Waals surface area (Å²) in [6.45, 7) is 5.80. The first kappa shape index (κ1) is 20.9. The number of aryl methyl sites for hydroxylation is 2. The molecule has 160 valence electrons. The van der Waals surface area contributed by atoms with E-state index in [2.05, 4.69) is 16.0 Å². The monoisotopic (exact) mass is 427 g/mol. The van der Waals surface area contributed by atoms with E-state index in [-0.39, 0.29) is 5.69 Å². The molecule has 0 atom stereocenters. The van der Waals surface area contributed by atoms with Crippen LogP contribution in [-0.2, 0) is 0 Å². The Bertz CT molecular complexity index is 1440. The van der Waals surface area contributed by atoms with Crippen molar-refractivity contribution in [1.29, 1.82) is 5.26 Å². The van der Waals surface area contributed by atoms with Crippen molar-refractivity contribution in [2.45, 2.75) is 20.8 Å². The van der Waals surface area contributed by atoms with Crippen LogP contribution in [-0.4, -0.2) is 26.6 Å². The summed E-state index contributed by atoms with van der Waals surface area (Å²) in [4.78, 5) is 18.6. The van der Waals surface area contributed by atoms with E-state index in [1.165, 1.54) is 19.2 Å². The lowest BCUT2D eigenvalue weighted by atomic mass is 10.1. The van der Waals surface area contributed by atoms with Crippen LogP contribution in [0.1, 0.15) is 28.3 Å². The topological polar surface area (TPSA) is 110 Å². The first-order valence-electron chi connectivity index (χ1n) is 9.92. The zero-order valence-corrected chi connectivity index (χ0v) is 18.1. The third-order valence-electron chi connectivity index (χ3n) is 5.40. The highest BCUT2D eigenvalue weighted by Gasteiger charge is 2.18. The van der Waals surface area contributed by atoms with Crippen LogP contribution in [0.15, 0.2) is 42.5 Å². The van der Waals surface area contributed by atoms with Gasteiger partial charge in [0, 0.05) is 23.5 Å². The van der Waals surface area contributed by atoms with Gasteiger partial charge in [-0.25, -0.2) is 4.98 Å². The number of nitro benzene ring substituents is 1. The Kier molecular flexibility index (Phi) is 5.24. The number of nitro groups is 1. The SMILES string of the molecule is COc1ccc([N+](=O)[O-])cc1-n1c(C)cc(C=C(C#N)c2nc3ccc(C)cc3[nH]2)c1C. The molecule has 4 aromatic rings. The van der Waals surface area contributed by atoms with Crippen molar-refractivity contribution in [3.8, 4) is 17.5 Å². The number of imidazole rings is 1. The summed E-state index contributed by atoms with van der Waals surface area (Å²) in [5, 5.41) is 21.1. The van der Waals surface area contributed by atoms with Gasteiger partial charge in [-0.3, -0.25) is 10.1 Å². The molecule has 4 rings (SSSR count). The number of H-pyrrole nitrogens is 1. The lowest BCUT2D eigenvalue weighted by Crippen LogP contribution is -2.03. The van der Waals surface area contributed by atoms with Crippen LogP contribution in [0.4, 0.5) is 5.69 Å². The number of methoxy groups -OCH3 is 1. The first-order valence-corrected chi connectivity index (χ1v) is 9.92. The number of non-ortho nitro benzene ring substituents is 1. The second-order valence-corrected chi connectivity index (χ2v) is 7.55. The number of nitrogens with one attached hydrogen (secondary N) is 1. The molecule has 0 bridgehead atoms. The first-order chi connectivity index (χ1) is 15.3. The van der Waals surface area contributed by atoms with Crippen molar-refractivity contribution in [3.05, 3.63) is 80.9 Å². The van der Waals surface area contributed by atoms with Crippen LogP contribution >= 0.6 is 0 Å². The number of nitrogens with zero attached hydrogens (tertiary/aromatic N) is 4. The van der Waals surface area contributed by atoms with E-state index in [0.717, 1.165) is 33.5 Å². The summed E-state index contributed by atoms with van der Waals surface area (Å²) in [6, 6.07) is 14.5. The molecule has 32 heavy (non-hydrogen) atoms. The van der Waals surface area contributed by atoms with Gasteiger partial charge in [-0.1, -0.05) is 6.07 Å². The quantitative estimate of drug-likeness (QED) is 0.265. The van der Waals surface area contributed by atoms with Crippen LogP contribution < -0.4 is 4.74 Å². The van der Waals surface area contributed by atoms with Gasteiger partial charge in [0.05, 0.1) is 34.3 Å². The molecule has 2 aromatic heterocycles. The third-order valence-corrected chi connectivity index (χ3v) is 5.40. The normalized spacial score (nSPS) is 11.5. The third kappa shape index (κ3) is 3.61. The fourth-order valence-electron chi connectivity index (χ4n) is 3.83. The van der Waals surface area contributed by atoms with Gasteiger partial charge >= 0.3 is 0 Å². The fraction of sp³-hybridized carbons (Fsp3) is 0.167. The number of nitriles is 1. The molecule has 0 unspecified atom stereocenters. The lowest BCUT2D eigenvalue weighted by Gasteiger charge is -2.13. The molecule has 0 fully saturated rings. The van der Waals surface area contributed by atoms with Crippen LogP contribution in [0.5, 0.6) is 5.75 Å². The second-order valence-electron chi connectivity index (χ2n) is 7.55. The molecule has 0 radical (unpaired) electrons. The largest absolute Gasteiger partial charge is 0.495 e. The zero-order valence-electron chi connectivity index (χ0n) is 18.1. The number of rotatable bonds is 5. The van der Waals surface area contributed by atoms with Crippen molar-refractivity contribution in [3.63, 3.8) is 0 Å². The Morgan fingerprint density at radius 3 is 2.69 bits per heavy atom. The second kappa shape index (κ2) is 8.04. The van der Waals surface area contributed by atoms with Gasteiger partial charge in [-0.15, -0.1) is 0 Å². The number of hydrogen-bond donors (Lipinski definition) is 1. The highest BCUT2D eigenvalue weighted by molar-refractivity contribution is 5.91. The predicted octanol–water partition coefficient (Wildman–Crippen LogP) is 5.26. The Morgan fingerprint density at radius 2 is 2.00 bits per heavy atom. The summed E-state index contributed by atoms with van der Waals surface area (Å²) in [5.41, 5.74) is 6.17. The minimum absolute atomic E-state index is 0.0272. The molecule has 0 aliphatic rings. The number of aromatic amines is 1. The highest BCUT2D eigenvalue weighted by Crippen LogP contribution is 2.32. The van der Waals surface area contributed by atoms with E-state index in [9.17, 15) is 15.4 Å². The molecule has 0 saturated heterocycles. The fourth-order valence-corrected chi connectivity index (χ4v) is 3.83. The van der Waals surface area contributed by atoms with E-state index < -0.39 is 4.92 Å². The Labute approximate surface area is 184 Å². The van der Waals surface area contributed by atoms with Crippen molar-refractivity contribution < 1.29 is 9.66 Å². The molecule has 8 heteroatoms. The standard InChI is InChI=1S/C24H21N5O3/c1-14-5-7-20-21(9-14)27-24(26-20)18(13-25)11-17-10-15(2)28(16(17)3)22-12-19(29(30)31)6-8-23(22)32-4/h5-12H,1-4H3,(H,26,27). The molecule has 2 heterocycles. The smallest absolute Gasteiger partial charge is 0.271 e. The molecule has 0 spiro atoms. The van der Waals surface area contributed by atoms with Crippen LogP contribution in [0.2, 0.25) is 0 Å². The maximum atomic E-state index is 11.3. The Balaban J connectivity index is 1.83. The van der Waals surface area contributed by atoms with Crippen molar-refractivity contribution in [1.82, 2.24) is 14.5 Å². The van der Waals surface area contributed by atoms with E-state index in [1.54, 1.807) is 12.1 Å². The zero-order chi connectivity index (χ0) is 23.0. The maximum Gasteiger partial charge on any atom is 0.271 e. The number of allylic oxidation sites excluding steroid dienone is 1. The lowest BCUT2D eigenvalue weighted by molar-refractivity contribution is -0.384. The molecule has 8 nitrogen and oxygen atoms in total. The van der Waals surface area contributed by atoms with Gasteiger partial charge in [0.1, 0.15) is 17.6 Å². The summed E-state index contributed by atoms with van der Waals surface area (Å²) in [7, 11) is 1.52. The summed E-state index contributed by atoms with van der Waals surface area (Å²) >= 11 is 0. The number of hydrogen-bond acceptors (Lipinski definition) is 5. The van der Waals surface area contributed by atoms with E-state index in [0.29, 0.717) is 22.8 Å². The Morgan fingerprint density at radius 1 is 1.22 bits per heavy atom. The number of aromatic nitrogens is 3. The minimum atomic E-state index is -0.436. The molecular weight excluding hydrogens is 406 g/mol. The van der Waals surface area contributed by atoms with Gasteiger partial charge in [-0.05, 0) is 62.2 Å². The van der Waals surface area contributed by atoms with E-state index in [1.807, 2.05) is 49.6 Å². The highest BCUT2D eigenvalue weighted by atomic mass is 16.6. The number of benzene rings is 2. The van der Waals surface area contributed by atoms with Gasteiger partial charge in [0.25, 0.3) is 5.69 Å². The summed E-state index contributed by atoms with van der Waals surface area (Å²) in [5.74, 6) is 1.01. The number of ether oxygens (including phenoxy) is 1. The average Bonchev–Trinajstić information content (AvgIpc) is 3.30. The molecule has 2 aromatic carbocycles. The van der Waals surface area contributed by atoms with Crippen LogP contribution in [0.25, 0.3) is 28.4 Å². The van der Waals surface area contributed by atoms with E-state index >= 15 is 0 Å². The van der Waals surface area contributed by atoms with Crippen LogP contribution in [0, 0.1) is 42.2 Å². The summed E-state index contributed by atoms with van der Waals surface area (Å²) in [6.07, 6.45) is 1.77. The van der Waals surface area contributed by atoms with Gasteiger partial charge in [-0.2, -0.15) is 5.26 Å². The molecule has 0 aliphatic heterocycles. The van der Waals surface area contributed by atoms with E-state index in [4.69, 9.17) is 4.74 Å². The molecule has 1 N–H and O–H groups in total. The minimum Gasteiger partial charge on any atom is -0.495 e.